The van der Waals surface area contributed by atoms with E-state index in [-0.39, 0.29) is 0 Å². The van der Waals surface area contributed by atoms with Gasteiger partial charge >= 0.3 is 0 Å². The Labute approximate surface area is 108 Å². The molecule has 0 saturated carbocycles. The molecule has 0 radical (unpaired) electrons. The molecule has 0 aliphatic heterocycles. The van der Waals surface area contributed by atoms with Gasteiger partial charge in [-0.2, -0.15) is 0 Å². The van der Waals surface area contributed by atoms with Crippen LogP contribution in [-0.4, -0.2) is 18.1 Å². The molecule has 3 nitrogen and oxygen atoms in total. The molecule has 0 aliphatic carbocycles. The average Bonchev–Trinajstić information content (AvgIpc) is 2.42. The molecule has 1 aromatic carbocycles. The number of aromatic nitrogens is 1. The SMILES string of the molecule is NCCCCCCOc1ccc2ccccc2n1. The molecule has 3 heteroatoms. The molecule has 96 valence electrons. The first-order valence-corrected chi connectivity index (χ1v) is 6.59. The highest BCUT2D eigenvalue weighted by Gasteiger charge is 1.98. The molecular formula is C15H20N2O. The Kier molecular flexibility index (Phi) is 4.97. The van der Waals surface area contributed by atoms with Crippen LogP contribution in [0.1, 0.15) is 25.7 Å². The zero-order valence-corrected chi connectivity index (χ0v) is 10.6. The van der Waals surface area contributed by atoms with Crippen molar-refractivity contribution in [1.82, 2.24) is 4.98 Å². The van der Waals surface area contributed by atoms with Crippen LogP contribution in [0.15, 0.2) is 36.4 Å². The largest absolute Gasteiger partial charge is 0.478 e. The fraction of sp³-hybridized carbons (Fsp3) is 0.400. The molecule has 2 rings (SSSR count). The molecule has 1 heterocycles. The van der Waals surface area contributed by atoms with E-state index < -0.39 is 0 Å². The van der Waals surface area contributed by atoms with Crippen LogP contribution in [0.3, 0.4) is 0 Å². The fourth-order valence-electron chi connectivity index (χ4n) is 1.90. The van der Waals surface area contributed by atoms with Crippen molar-refractivity contribution in [2.24, 2.45) is 5.73 Å². The number of unbranched alkanes of at least 4 members (excludes halogenated alkanes) is 3. The highest BCUT2D eigenvalue weighted by atomic mass is 16.5. The predicted octanol–water partition coefficient (Wildman–Crippen LogP) is 3.13. The normalized spacial score (nSPS) is 10.7. The summed E-state index contributed by atoms with van der Waals surface area (Å²) in [5.74, 6) is 0.715. The number of rotatable bonds is 7. The maximum atomic E-state index is 5.65. The number of fused-ring (bicyclic) bond motifs is 1. The van der Waals surface area contributed by atoms with Gasteiger partial charge < -0.3 is 10.5 Å². The molecule has 1 aromatic heterocycles. The van der Waals surface area contributed by atoms with Gasteiger partial charge in [-0.15, -0.1) is 0 Å². The van der Waals surface area contributed by atoms with Crippen molar-refractivity contribution < 1.29 is 4.74 Å². The first kappa shape index (κ1) is 12.8. The molecular weight excluding hydrogens is 224 g/mol. The summed E-state index contributed by atoms with van der Waals surface area (Å²) in [4.78, 5) is 4.47. The first-order valence-electron chi connectivity index (χ1n) is 6.59. The first-order chi connectivity index (χ1) is 8.90. The van der Waals surface area contributed by atoms with Crippen LogP contribution in [0.4, 0.5) is 0 Å². The van der Waals surface area contributed by atoms with Crippen LogP contribution in [0.5, 0.6) is 5.88 Å². The zero-order valence-electron chi connectivity index (χ0n) is 10.6. The lowest BCUT2D eigenvalue weighted by Gasteiger charge is -2.06. The number of ether oxygens (including phenoxy) is 1. The van der Waals surface area contributed by atoms with Gasteiger partial charge in [-0.3, -0.25) is 0 Å². The van der Waals surface area contributed by atoms with Crippen molar-refractivity contribution in [2.45, 2.75) is 25.7 Å². The molecule has 18 heavy (non-hydrogen) atoms. The van der Waals surface area contributed by atoms with Crippen molar-refractivity contribution in [3.8, 4) is 5.88 Å². The summed E-state index contributed by atoms with van der Waals surface area (Å²) in [7, 11) is 0. The Morgan fingerprint density at radius 3 is 2.67 bits per heavy atom. The number of benzene rings is 1. The number of nitrogens with two attached hydrogens (primary N) is 1. The lowest BCUT2D eigenvalue weighted by molar-refractivity contribution is 0.294. The summed E-state index contributed by atoms with van der Waals surface area (Å²) >= 11 is 0. The summed E-state index contributed by atoms with van der Waals surface area (Å²) in [6.45, 7) is 1.52. The van der Waals surface area contributed by atoms with Gasteiger partial charge in [0.1, 0.15) is 0 Å². The lowest BCUT2D eigenvalue weighted by Crippen LogP contribution is -2.01. The minimum atomic E-state index is 0.715. The van der Waals surface area contributed by atoms with Crippen LogP contribution in [0.25, 0.3) is 10.9 Å². The highest BCUT2D eigenvalue weighted by molar-refractivity contribution is 5.78. The quantitative estimate of drug-likeness (QED) is 0.761. The number of para-hydroxylation sites is 1. The maximum absolute atomic E-state index is 5.65. The minimum absolute atomic E-state index is 0.715. The van der Waals surface area contributed by atoms with Gasteiger partial charge in [0.2, 0.25) is 5.88 Å². The van der Waals surface area contributed by atoms with Crippen LogP contribution in [0, 0.1) is 0 Å². The number of nitrogens with zero attached hydrogens (tertiary/aromatic N) is 1. The second kappa shape index (κ2) is 6.97. The number of pyridine rings is 1. The summed E-state index contributed by atoms with van der Waals surface area (Å²) in [5, 5.41) is 1.15. The Hall–Kier alpha value is -1.61. The molecule has 0 aliphatic rings. The van der Waals surface area contributed by atoms with Crippen LogP contribution in [0.2, 0.25) is 0 Å². The summed E-state index contributed by atoms with van der Waals surface area (Å²) < 4.78 is 5.65. The molecule has 0 spiro atoms. The Balaban J connectivity index is 1.81. The van der Waals surface area contributed by atoms with E-state index >= 15 is 0 Å². The van der Waals surface area contributed by atoms with Crippen LogP contribution in [-0.2, 0) is 0 Å². The molecule has 0 fully saturated rings. The summed E-state index contributed by atoms with van der Waals surface area (Å²) in [5.41, 5.74) is 6.43. The third-order valence-corrected chi connectivity index (χ3v) is 2.92. The van der Waals surface area contributed by atoms with Gasteiger partial charge in [-0.1, -0.05) is 31.0 Å². The smallest absolute Gasteiger partial charge is 0.213 e. The van der Waals surface area contributed by atoms with E-state index in [1.165, 1.54) is 12.8 Å². The topological polar surface area (TPSA) is 48.1 Å². The standard InChI is InChI=1S/C15H20N2O/c16-11-5-1-2-6-12-18-15-10-9-13-7-3-4-8-14(13)17-15/h3-4,7-10H,1-2,5-6,11-12,16H2. The molecule has 0 unspecified atom stereocenters. The van der Waals surface area contributed by atoms with Crippen molar-refractivity contribution in [2.75, 3.05) is 13.2 Å². The maximum Gasteiger partial charge on any atom is 0.213 e. The second-order valence-corrected chi connectivity index (χ2v) is 4.39. The molecule has 0 bridgehead atoms. The van der Waals surface area contributed by atoms with Gasteiger partial charge in [0.15, 0.2) is 0 Å². The van der Waals surface area contributed by atoms with Crippen LogP contribution < -0.4 is 10.5 Å². The van der Waals surface area contributed by atoms with Gasteiger partial charge in [-0.25, -0.2) is 4.98 Å². The number of hydrogen-bond acceptors (Lipinski definition) is 3. The average molecular weight is 244 g/mol. The highest BCUT2D eigenvalue weighted by Crippen LogP contribution is 2.16. The second-order valence-electron chi connectivity index (χ2n) is 4.39. The van der Waals surface area contributed by atoms with Crippen LogP contribution >= 0.6 is 0 Å². The number of hydrogen-bond donors (Lipinski definition) is 1. The van der Waals surface area contributed by atoms with E-state index in [0.29, 0.717) is 5.88 Å². The van der Waals surface area contributed by atoms with E-state index in [9.17, 15) is 0 Å². The minimum Gasteiger partial charge on any atom is -0.478 e. The molecule has 0 amide bonds. The summed E-state index contributed by atoms with van der Waals surface area (Å²) in [6.07, 6.45) is 4.53. The van der Waals surface area contributed by atoms with E-state index in [0.717, 1.165) is 36.9 Å². The van der Waals surface area contributed by atoms with E-state index in [1.54, 1.807) is 0 Å². The zero-order chi connectivity index (χ0) is 12.6. The van der Waals surface area contributed by atoms with Crippen molar-refractivity contribution in [1.29, 1.82) is 0 Å². The van der Waals surface area contributed by atoms with Gasteiger partial charge in [-0.05, 0) is 31.5 Å². The third-order valence-electron chi connectivity index (χ3n) is 2.92. The monoisotopic (exact) mass is 244 g/mol. The predicted molar refractivity (Wildman–Crippen MR) is 74.8 cm³/mol. The molecule has 0 atom stereocenters. The Morgan fingerprint density at radius 1 is 0.944 bits per heavy atom. The van der Waals surface area contributed by atoms with Gasteiger partial charge in [0, 0.05) is 11.5 Å². The molecule has 0 saturated heterocycles. The Morgan fingerprint density at radius 2 is 1.78 bits per heavy atom. The van der Waals surface area contributed by atoms with Gasteiger partial charge in [0.05, 0.1) is 12.1 Å². The van der Waals surface area contributed by atoms with E-state index in [2.05, 4.69) is 11.1 Å². The van der Waals surface area contributed by atoms with Crippen molar-refractivity contribution in [3.05, 3.63) is 36.4 Å². The van der Waals surface area contributed by atoms with Crippen molar-refractivity contribution >= 4 is 10.9 Å². The van der Waals surface area contributed by atoms with Gasteiger partial charge in [0.25, 0.3) is 0 Å². The fourth-order valence-corrected chi connectivity index (χ4v) is 1.90. The third kappa shape index (κ3) is 3.70. The lowest BCUT2D eigenvalue weighted by atomic mass is 10.2. The van der Waals surface area contributed by atoms with E-state index in [1.807, 2.05) is 30.3 Å². The van der Waals surface area contributed by atoms with Crippen molar-refractivity contribution in [3.63, 3.8) is 0 Å². The summed E-state index contributed by atoms with van der Waals surface area (Å²) in [6, 6.07) is 12.0. The Bertz CT molecular complexity index is 485. The molecule has 2 N–H and O–H groups in total. The molecule has 2 aromatic rings. The van der Waals surface area contributed by atoms with E-state index in [4.69, 9.17) is 10.5 Å².